The summed E-state index contributed by atoms with van der Waals surface area (Å²) in [5.41, 5.74) is 0.236. The van der Waals surface area contributed by atoms with Gasteiger partial charge in [-0.2, -0.15) is 0 Å². The number of carbonyl (C=O) groups is 1. The van der Waals surface area contributed by atoms with Crippen LogP contribution in [0, 0.1) is 0 Å². The normalized spacial score (nSPS) is 14.9. The van der Waals surface area contributed by atoms with Crippen LogP contribution in [0.1, 0.15) is 11.8 Å². The van der Waals surface area contributed by atoms with Gasteiger partial charge in [-0.15, -0.1) is 11.3 Å². The van der Waals surface area contributed by atoms with Crippen LogP contribution in [0.2, 0.25) is 0 Å². The second-order valence-corrected chi connectivity index (χ2v) is 4.57. The van der Waals surface area contributed by atoms with Crippen molar-refractivity contribution >= 4 is 33.2 Å². The third kappa shape index (κ3) is 2.50. The van der Waals surface area contributed by atoms with E-state index in [1.54, 1.807) is 5.38 Å². The first-order valence-electron chi connectivity index (χ1n) is 3.61. The molecule has 0 aliphatic rings. The number of nitrogens with zero attached hydrogens (tertiary/aromatic N) is 1. The molecule has 2 N–H and O–H groups in total. The molecule has 0 saturated heterocycles. The predicted molar refractivity (Wildman–Crippen MR) is 52.8 cm³/mol. The van der Waals surface area contributed by atoms with Crippen LogP contribution in [-0.2, 0) is 9.53 Å². The average molecular weight is 282 g/mol. The Kier molecular flexibility index (Phi) is 3.99. The summed E-state index contributed by atoms with van der Waals surface area (Å²) in [4.78, 5) is 14.7. The Morgan fingerprint density at radius 3 is 2.79 bits per heavy atom. The average Bonchev–Trinajstić information content (AvgIpc) is 2.61. The molecule has 0 aliphatic carbocycles. The van der Waals surface area contributed by atoms with Gasteiger partial charge in [-0.1, -0.05) is 0 Å². The molecular weight excluding hydrogens is 274 g/mol. The molecule has 14 heavy (non-hydrogen) atoms. The molecule has 0 spiro atoms. The SMILES string of the molecule is COC(=O)C(O)C(O)c1csc(Br)n1. The van der Waals surface area contributed by atoms with E-state index in [0.717, 1.165) is 7.11 Å². The van der Waals surface area contributed by atoms with E-state index in [1.807, 2.05) is 0 Å². The number of ether oxygens (including phenoxy) is 1. The summed E-state index contributed by atoms with van der Waals surface area (Å²) in [5, 5.41) is 20.3. The molecule has 78 valence electrons. The molecule has 0 aromatic carbocycles. The zero-order valence-electron chi connectivity index (χ0n) is 7.18. The number of aliphatic hydroxyl groups excluding tert-OH is 2. The number of esters is 1. The van der Waals surface area contributed by atoms with Gasteiger partial charge in [-0.05, 0) is 15.9 Å². The van der Waals surface area contributed by atoms with E-state index in [0.29, 0.717) is 3.92 Å². The van der Waals surface area contributed by atoms with Crippen molar-refractivity contribution in [2.45, 2.75) is 12.2 Å². The van der Waals surface area contributed by atoms with Crippen molar-refractivity contribution < 1.29 is 19.7 Å². The van der Waals surface area contributed by atoms with Gasteiger partial charge in [0.25, 0.3) is 0 Å². The van der Waals surface area contributed by atoms with Gasteiger partial charge in [0.05, 0.1) is 12.8 Å². The predicted octanol–water partition coefficient (Wildman–Crippen LogP) is 0.473. The molecule has 0 saturated carbocycles. The van der Waals surface area contributed by atoms with Crippen LogP contribution in [0.5, 0.6) is 0 Å². The zero-order chi connectivity index (χ0) is 10.7. The maximum Gasteiger partial charge on any atom is 0.337 e. The largest absolute Gasteiger partial charge is 0.467 e. The van der Waals surface area contributed by atoms with Gasteiger partial charge in [0.1, 0.15) is 6.10 Å². The Morgan fingerprint density at radius 2 is 2.36 bits per heavy atom. The van der Waals surface area contributed by atoms with Gasteiger partial charge in [0.2, 0.25) is 0 Å². The molecule has 0 aliphatic heterocycles. The smallest absolute Gasteiger partial charge is 0.337 e. The van der Waals surface area contributed by atoms with Crippen LogP contribution >= 0.6 is 27.3 Å². The molecule has 1 heterocycles. The molecule has 2 atom stereocenters. The summed E-state index contributed by atoms with van der Waals surface area (Å²) in [6.45, 7) is 0. The van der Waals surface area contributed by atoms with Crippen LogP contribution in [-0.4, -0.2) is 34.4 Å². The number of carbonyl (C=O) groups excluding carboxylic acids is 1. The van der Waals surface area contributed by atoms with Gasteiger partial charge < -0.3 is 14.9 Å². The third-order valence-electron chi connectivity index (χ3n) is 1.54. The minimum atomic E-state index is -1.60. The fourth-order valence-electron chi connectivity index (χ4n) is 0.810. The lowest BCUT2D eigenvalue weighted by molar-refractivity contribution is -0.157. The number of aromatic nitrogens is 1. The summed E-state index contributed by atoms with van der Waals surface area (Å²) < 4.78 is 4.85. The van der Waals surface area contributed by atoms with Crippen molar-refractivity contribution in [2.75, 3.05) is 7.11 Å². The molecule has 0 radical (unpaired) electrons. The first-order valence-corrected chi connectivity index (χ1v) is 5.28. The fraction of sp³-hybridized carbons (Fsp3) is 0.429. The minimum Gasteiger partial charge on any atom is -0.467 e. The van der Waals surface area contributed by atoms with Crippen molar-refractivity contribution in [1.29, 1.82) is 0 Å². The van der Waals surface area contributed by atoms with Crippen molar-refractivity contribution in [3.05, 3.63) is 15.0 Å². The standard InChI is InChI=1S/C7H8BrNO4S/c1-13-6(12)5(11)4(10)3-2-14-7(8)9-3/h2,4-5,10-11H,1H3. The Morgan fingerprint density at radius 1 is 1.71 bits per heavy atom. The van der Waals surface area contributed by atoms with E-state index in [9.17, 15) is 15.0 Å². The fourth-order valence-corrected chi connectivity index (χ4v) is 1.86. The van der Waals surface area contributed by atoms with Crippen LogP contribution in [0.3, 0.4) is 0 Å². The second kappa shape index (κ2) is 4.83. The van der Waals surface area contributed by atoms with Crippen LogP contribution in [0.4, 0.5) is 0 Å². The van der Waals surface area contributed by atoms with E-state index >= 15 is 0 Å². The van der Waals surface area contributed by atoms with Crippen molar-refractivity contribution in [1.82, 2.24) is 4.98 Å². The molecular formula is C7H8BrNO4S. The Balaban J connectivity index is 2.74. The summed E-state index contributed by atoms with van der Waals surface area (Å²) >= 11 is 4.35. The van der Waals surface area contributed by atoms with E-state index < -0.39 is 18.2 Å². The van der Waals surface area contributed by atoms with Crippen LogP contribution in [0.25, 0.3) is 0 Å². The van der Waals surface area contributed by atoms with Gasteiger partial charge in [0, 0.05) is 5.38 Å². The maximum absolute atomic E-state index is 10.9. The number of rotatable bonds is 3. The summed E-state index contributed by atoms with van der Waals surface area (Å²) in [7, 11) is 1.13. The minimum absolute atomic E-state index is 0.236. The van der Waals surface area contributed by atoms with E-state index in [2.05, 4.69) is 25.7 Å². The Hall–Kier alpha value is -0.500. The Labute approximate surface area is 92.5 Å². The van der Waals surface area contributed by atoms with Crippen molar-refractivity contribution in [3.63, 3.8) is 0 Å². The molecule has 1 aromatic rings. The highest BCUT2D eigenvalue weighted by atomic mass is 79.9. The molecule has 0 bridgehead atoms. The van der Waals surface area contributed by atoms with Crippen molar-refractivity contribution in [3.8, 4) is 0 Å². The van der Waals surface area contributed by atoms with E-state index in [4.69, 9.17) is 0 Å². The van der Waals surface area contributed by atoms with Crippen LogP contribution < -0.4 is 0 Å². The molecule has 5 nitrogen and oxygen atoms in total. The third-order valence-corrected chi connectivity index (χ3v) is 2.92. The molecule has 7 heteroatoms. The molecule has 0 amide bonds. The van der Waals surface area contributed by atoms with Crippen LogP contribution in [0.15, 0.2) is 9.30 Å². The highest BCUT2D eigenvalue weighted by Crippen LogP contribution is 2.23. The molecule has 2 unspecified atom stereocenters. The lowest BCUT2D eigenvalue weighted by Gasteiger charge is -2.12. The highest BCUT2D eigenvalue weighted by molar-refractivity contribution is 9.11. The zero-order valence-corrected chi connectivity index (χ0v) is 9.58. The number of methoxy groups -OCH3 is 1. The Bertz CT molecular complexity index is 329. The van der Waals surface area contributed by atoms with Gasteiger partial charge in [0.15, 0.2) is 10.0 Å². The first-order chi connectivity index (χ1) is 6.56. The number of hydrogen-bond acceptors (Lipinski definition) is 6. The number of aliphatic hydroxyl groups is 2. The second-order valence-electron chi connectivity index (χ2n) is 2.44. The summed E-state index contributed by atoms with van der Waals surface area (Å²) in [6, 6.07) is 0. The quantitative estimate of drug-likeness (QED) is 0.788. The van der Waals surface area contributed by atoms with Crippen molar-refractivity contribution in [2.24, 2.45) is 0 Å². The lowest BCUT2D eigenvalue weighted by Crippen LogP contribution is -2.29. The maximum atomic E-state index is 10.9. The van der Waals surface area contributed by atoms with Gasteiger partial charge >= 0.3 is 5.97 Å². The number of hydrogen-bond donors (Lipinski definition) is 2. The van der Waals surface area contributed by atoms with Gasteiger partial charge in [-0.25, -0.2) is 9.78 Å². The van der Waals surface area contributed by atoms with E-state index in [-0.39, 0.29) is 5.69 Å². The monoisotopic (exact) mass is 281 g/mol. The molecule has 0 fully saturated rings. The van der Waals surface area contributed by atoms with E-state index in [1.165, 1.54) is 11.3 Å². The summed E-state index contributed by atoms with van der Waals surface area (Å²) in [5.74, 6) is -0.887. The number of thiazole rings is 1. The first kappa shape index (κ1) is 11.6. The topological polar surface area (TPSA) is 79.7 Å². The van der Waals surface area contributed by atoms with Gasteiger partial charge in [-0.3, -0.25) is 0 Å². The molecule has 1 aromatic heterocycles. The number of halogens is 1. The highest BCUT2D eigenvalue weighted by Gasteiger charge is 2.28. The summed E-state index contributed by atoms with van der Waals surface area (Å²) in [6.07, 6.45) is -2.96. The lowest BCUT2D eigenvalue weighted by atomic mass is 10.1. The molecule has 1 rings (SSSR count).